The van der Waals surface area contributed by atoms with Gasteiger partial charge in [-0.05, 0) is 19.8 Å². The minimum Gasteiger partial charge on any atom is -0.349 e. The van der Waals surface area contributed by atoms with Gasteiger partial charge in [-0.3, -0.25) is 24.7 Å². The van der Waals surface area contributed by atoms with Crippen molar-refractivity contribution in [2.45, 2.75) is 46.1 Å². The number of amides is 6. The second-order valence-corrected chi connectivity index (χ2v) is 5.40. The predicted octanol–water partition coefficient (Wildman–Crippen LogP) is 0.232. The summed E-state index contributed by atoms with van der Waals surface area (Å²) in [6.07, 6.45) is 0.152. The maximum Gasteiger partial charge on any atom is 0.326 e. The van der Waals surface area contributed by atoms with Gasteiger partial charge >= 0.3 is 12.1 Å². The van der Waals surface area contributed by atoms with E-state index in [0.717, 1.165) is 17.7 Å². The zero-order valence-corrected chi connectivity index (χ0v) is 15.0. The Bertz CT molecular complexity index is 512. The highest BCUT2D eigenvalue weighted by Gasteiger charge is 2.38. The van der Waals surface area contributed by atoms with Crippen molar-refractivity contribution in [3.63, 3.8) is 0 Å². The summed E-state index contributed by atoms with van der Waals surface area (Å²) in [5, 5.41) is 4.60. The molecule has 0 bridgehead atoms. The molecule has 0 aromatic heterocycles. The first kappa shape index (κ1) is 20.8. The van der Waals surface area contributed by atoms with Crippen molar-refractivity contribution < 1.29 is 28.7 Å². The molecule has 2 N–H and O–H groups in total. The molecule has 25 heavy (non-hydrogen) atoms. The van der Waals surface area contributed by atoms with E-state index in [2.05, 4.69) is 10.6 Å². The first-order chi connectivity index (χ1) is 11.9. The number of likely N-dealkylation sites (N-methyl/N-ethyl adjacent to an activating group) is 2. The Balaban J connectivity index is 0.000000251. The number of nitrogens with one attached hydrogen (secondary N) is 2. The molecule has 0 saturated carbocycles. The largest absolute Gasteiger partial charge is 0.349 e. The monoisotopic (exact) mass is 358 g/mol. The molecule has 0 aromatic carbocycles. The van der Waals surface area contributed by atoms with Gasteiger partial charge in [-0.15, -0.1) is 0 Å². The van der Waals surface area contributed by atoms with Crippen molar-refractivity contribution in [1.29, 1.82) is 0 Å². The molecule has 10 nitrogen and oxygen atoms in total. The zero-order chi connectivity index (χ0) is 19.0. The molecule has 0 aliphatic carbocycles. The van der Waals surface area contributed by atoms with Gasteiger partial charge in [0.05, 0.1) is 0 Å². The van der Waals surface area contributed by atoms with E-state index in [4.69, 9.17) is 9.47 Å². The minimum absolute atomic E-state index is 0.326. The van der Waals surface area contributed by atoms with E-state index in [9.17, 15) is 19.2 Å². The van der Waals surface area contributed by atoms with Gasteiger partial charge in [0.2, 0.25) is 12.5 Å². The molecule has 2 unspecified atom stereocenters. The molecule has 2 fully saturated rings. The molecule has 2 atom stereocenters. The fourth-order valence-electron chi connectivity index (χ4n) is 2.09. The van der Waals surface area contributed by atoms with Crippen LogP contribution in [0.3, 0.4) is 0 Å². The number of ether oxygens (including phenoxy) is 2. The number of carbonyl (C=O) groups excluding carboxylic acids is 4. The van der Waals surface area contributed by atoms with Crippen molar-refractivity contribution in [2.24, 2.45) is 0 Å². The highest BCUT2D eigenvalue weighted by molar-refractivity contribution is 6.03. The van der Waals surface area contributed by atoms with E-state index in [1.807, 2.05) is 13.8 Å². The van der Waals surface area contributed by atoms with Gasteiger partial charge in [-0.25, -0.2) is 9.59 Å². The normalized spacial score (nSPS) is 22.7. The van der Waals surface area contributed by atoms with Crippen LogP contribution < -0.4 is 10.6 Å². The molecule has 142 valence electrons. The van der Waals surface area contributed by atoms with Crippen LogP contribution in [0.25, 0.3) is 0 Å². The fourth-order valence-corrected chi connectivity index (χ4v) is 2.09. The lowest BCUT2D eigenvalue weighted by molar-refractivity contribution is -0.136. The molecule has 2 rings (SSSR count). The van der Waals surface area contributed by atoms with E-state index < -0.39 is 18.5 Å². The van der Waals surface area contributed by atoms with Crippen LogP contribution in [-0.2, 0) is 19.1 Å². The summed E-state index contributed by atoms with van der Waals surface area (Å²) >= 11 is 0. The number of hydrogen-bond donors (Lipinski definition) is 2. The maximum atomic E-state index is 11.2. The molecular formula is C15H26N4O6. The summed E-state index contributed by atoms with van der Waals surface area (Å²) in [6, 6.07) is -0.769. The van der Waals surface area contributed by atoms with E-state index in [0.29, 0.717) is 19.8 Å². The number of hydrogen-bond acceptors (Lipinski definition) is 6. The lowest BCUT2D eigenvalue weighted by atomic mass is 10.4. The summed E-state index contributed by atoms with van der Waals surface area (Å²) in [5.41, 5.74) is 0. The molecule has 0 spiro atoms. The standard InChI is InChI=1S/C8H14N2O3.C7H12N2O3/c1-3-5-13-7-6(11)9-8(12)10(7)4-2;1-3-4-12-5-6(10)9(2)7(11)8-5/h7H,3-5H2,1-2H3,(H,9,11,12);5H,3-4H2,1-2H3,(H,8,11). The summed E-state index contributed by atoms with van der Waals surface area (Å²) in [6.45, 7) is 7.13. The quantitative estimate of drug-likeness (QED) is 0.629. The maximum absolute atomic E-state index is 11.2. The molecule has 2 heterocycles. The first-order valence-corrected chi connectivity index (χ1v) is 8.30. The Labute approximate surface area is 146 Å². The molecule has 0 aromatic rings. The lowest BCUT2D eigenvalue weighted by Crippen LogP contribution is -2.37. The average Bonchev–Trinajstić information content (AvgIpc) is 3.00. The highest BCUT2D eigenvalue weighted by atomic mass is 16.5. The van der Waals surface area contributed by atoms with Gasteiger partial charge in [0.1, 0.15) is 0 Å². The Kier molecular flexibility index (Phi) is 8.29. The number of urea groups is 2. The predicted molar refractivity (Wildman–Crippen MR) is 87.3 cm³/mol. The second-order valence-electron chi connectivity index (χ2n) is 5.40. The van der Waals surface area contributed by atoms with E-state index in [1.165, 1.54) is 11.9 Å². The van der Waals surface area contributed by atoms with Gasteiger partial charge in [0.15, 0.2) is 0 Å². The molecular weight excluding hydrogens is 332 g/mol. The Morgan fingerprint density at radius 1 is 0.960 bits per heavy atom. The number of rotatable bonds is 7. The number of imide groups is 2. The molecule has 2 aliphatic heterocycles. The zero-order valence-electron chi connectivity index (χ0n) is 15.0. The second kappa shape index (κ2) is 9.94. The number of carbonyl (C=O) groups is 4. The van der Waals surface area contributed by atoms with Crippen LogP contribution >= 0.6 is 0 Å². The van der Waals surface area contributed by atoms with Gasteiger partial charge < -0.3 is 14.8 Å². The van der Waals surface area contributed by atoms with Crippen LogP contribution in [0.5, 0.6) is 0 Å². The van der Waals surface area contributed by atoms with Crippen molar-refractivity contribution >= 4 is 23.9 Å². The Hall–Kier alpha value is -2.20. The van der Waals surface area contributed by atoms with Gasteiger partial charge in [0, 0.05) is 26.8 Å². The van der Waals surface area contributed by atoms with Crippen molar-refractivity contribution in [3.05, 3.63) is 0 Å². The van der Waals surface area contributed by atoms with Crippen molar-refractivity contribution in [3.8, 4) is 0 Å². The molecule has 2 aliphatic rings. The smallest absolute Gasteiger partial charge is 0.326 e. The van der Waals surface area contributed by atoms with Gasteiger partial charge in [0.25, 0.3) is 11.8 Å². The van der Waals surface area contributed by atoms with E-state index in [-0.39, 0.29) is 17.8 Å². The highest BCUT2D eigenvalue weighted by Crippen LogP contribution is 2.09. The average molecular weight is 358 g/mol. The molecule has 10 heteroatoms. The summed E-state index contributed by atoms with van der Waals surface area (Å²) < 4.78 is 10.3. The van der Waals surface area contributed by atoms with Crippen molar-refractivity contribution in [2.75, 3.05) is 26.8 Å². The number of nitrogens with zero attached hydrogens (tertiary/aromatic N) is 2. The molecule has 6 amide bonds. The van der Waals surface area contributed by atoms with E-state index >= 15 is 0 Å². The summed E-state index contributed by atoms with van der Waals surface area (Å²) in [7, 11) is 1.42. The van der Waals surface area contributed by atoms with Crippen LogP contribution in [0.2, 0.25) is 0 Å². The van der Waals surface area contributed by atoms with E-state index in [1.54, 1.807) is 6.92 Å². The third-order valence-corrected chi connectivity index (χ3v) is 3.42. The third kappa shape index (κ3) is 5.40. The Morgan fingerprint density at radius 2 is 1.56 bits per heavy atom. The van der Waals surface area contributed by atoms with Crippen molar-refractivity contribution in [1.82, 2.24) is 20.4 Å². The topological polar surface area (TPSA) is 117 Å². The SMILES string of the molecule is CCCOC1C(=O)NC(=O)N1CC.CCCOC1NC(=O)N(C)C1=O. The van der Waals surface area contributed by atoms with Crippen LogP contribution in [-0.4, -0.2) is 72.9 Å². The lowest BCUT2D eigenvalue weighted by Gasteiger charge is -2.19. The molecule has 0 radical (unpaired) electrons. The van der Waals surface area contributed by atoms with Crippen LogP contribution in [0.4, 0.5) is 9.59 Å². The minimum atomic E-state index is -0.776. The third-order valence-electron chi connectivity index (χ3n) is 3.42. The van der Waals surface area contributed by atoms with Crippen LogP contribution in [0, 0.1) is 0 Å². The fraction of sp³-hybridized carbons (Fsp3) is 0.733. The van der Waals surface area contributed by atoms with Crippen LogP contribution in [0.15, 0.2) is 0 Å². The Morgan fingerprint density at radius 3 is 2.04 bits per heavy atom. The summed E-state index contributed by atoms with van der Waals surface area (Å²) in [4.78, 5) is 46.7. The van der Waals surface area contributed by atoms with Gasteiger partial charge in [-0.1, -0.05) is 13.8 Å². The molecule has 2 saturated heterocycles. The first-order valence-electron chi connectivity index (χ1n) is 8.30. The van der Waals surface area contributed by atoms with Gasteiger partial charge in [-0.2, -0.15) is 0 Å². The van der Waals surface area contributed by atoms with Crippen LogP contribution in [0.1, 0.15) is 33.6 Å². The summed E-state index contributed by atoms with van der Waals surface area (Å²) in [5.74, 6) is -0.686.